The zero-order valence-corrected chi connectivity index (χ0v) is 13.2. The van der Waals surface area contributed by atoms with E-state index in [1.807, 2.05) is 30.1 Å². The van der Waals surface area contributed by atoms with Crippen molar-refractivity contribution in [3.63, 3.8) is 0 Å². The second-order valence-corrected chi connectivity index (χ2v) is 5.71. The molecule has 1 amide bonds. The maximum atomic E-state index is 12.7. The van der Waals surface area contributed by atoms with Gasteiger partial charge in [-0.25, -0.2) is 0 Å². The topological polar surface area (TPSA) is 54.5 Å². The lowest BCUT2D eigenvalue weighted by Gasteiger charge is -2.31. The molecule has 2 aromatic rings. The average molecular weight is 311 g/mol. The first kappa shape index (κ1) is 15.5. The second-order valence-electron chi connectivity index (χ2n) is 5.71. The van der Waals surface area contributed by atoms with E-state index in [1.54, 1.807) is 30.6 Å². The number of ether oxygens (including phenoxy) is 1. The quantitative estimate of drug-likeness (QED) is 0.943. The van der Waals surface area contributed by atoms with Crippen molar-refractivity contribution in [1.29, 1.82) is 0 Å². The van der Waals surface area contributed by atoms with Gasteiger partial charge in [0.2, 0.25) is 0 Å². The number of rotatable bonds is 4. The minimum absolute atomic E-state index is 0.0390. The van der Waals surface area contributed by atoms with E-state index < -0.39 is 0 Å². The summed E-state index contributed by atoms with van der Waals surface area (Å²) >= 11 is 0. The van der Waals surface area contributed by atoms with Gasteiger partial charge in [0.05, 0.1) is 0 Å². The number of carbonyl (C=O) groups excluding carboxylic acids is 1. The summed E-state index contributed by atoms with van der Waals surface area (Å²) in [7, 11) is 1.88. The van der Waals surface area contributed by atoms with E-state index in [2.05, 4.69) is 10.3 Å². The molecule has 1 aliphatic heterocycles. The van der Waals surface area contributed by atoms with Gasteiger partial charge < -0.3 is 15.0 Å². The number of aromatic nitrogens is 1. The Kier molecular flexibility index (Phi) is 4.88. The molecule has 1 fully saturated rings. The van der Waals surface area contributed by atoms with Crippen molar-refractivity contribution in [3.8, 4) is 11.5 Å². The molecule has 0 bridgehead atoms. The molecule has 2 heterocycles. The van der Waals surface area contributed by atoms with Crippen LogP contribution in [0.1, 0.15) is 23.2 Å². The van der Waals surface area contributed by atoms with Gasteiger partial charge in [0.1, 0.15) is 11.5 Å². The Labute approximate surface area is 136 Å². The first-order valence-electron chi connectivity index (χ1n) is 7.90. The van der Waals surface area contributed by atoms with Gasteiger partial charge in [0.15, 0.2) is 0 Å². The van der Waals surface area contributed by atoms with Gasteiger partial charge in [-0.05, 0) is 56.3 Å². The molecule has 1 aliphatic rings. The van der Waals surface area contributed by atoms with Crippen LogP contribution in [0.4, 0.5) is 0 Å². The third-order valence-electron chi connectivity index (χ3n) is 4.14. The van der Waals surface area contributed by atoms with Crippen LogP contribution in [0, 0.1) is 0 Å². The minimum atomic E-state index is 0.0390. The molecule has 3 rings (SSSR count). The van der Waals surface area contributed by atoms with Gasteiger partial charge in [-0.15, -0.1) is 0 Å². The molecule has 0 saturated carbocycles. The van der Waals surface area contributed by atoms with Crippen molar-refractivity contribution < 1.29 is 9.53 Å². The Bertz CT molecular complexity index is 654. The van der Waals surface area contributed by atoms with Gasteiger partial charge in [0, 0.05) is 31.0 Å². The fourth-order valence-corrected chi connectivity index (χ4v) is 2.80. The van der Waals surface area contributed by atoms with E-state index in [-0.39, 0.29) is 5.91 Å². The first-order chi connectivity index (χ1) is 11.2. The van der Waals surface area contributed by atoms with Gasteiger partial charge in [-0.1, -0.05) is 6.07 Å². The summed E-state index contributed by atoms with van der Waals surface area (Å²) in [6.07, 6.45) is 5.34. The average Bonchev–Trinajstić information content (AvgIpc) is 2.62. The van der Waals surface area contributed by atoms with E-state index in [0.29, 0.717) is 23.1 Å². The lowest BCUT2D eigenvalue weighted by atomic mass is 10.0. The van der Waals surface area contributed by atoms with Crippen LogP contribution in [0.2, 0.25) is 0 Å². The van der Waals surface area contributed by atoms with Crippen molar-refractivity contribution in [1.82, 2.24) is 15.2 Å². The lowest BCUT2D eigenvalue weighted by molar-refractivity contribution is 0.0703. The summed E-state index contributed by atoms with van der Waals surface area (Å²) in [5.74, 6) is 1.40. The smallest absolute Gasteiger partial charge is 0.253 e. The summed E-state index contributed by atoms with van der Waals surface area (Å²) in [5, 5.41) is 3.32. The van der Waals surface area contributed by atoms with Crippen LogP contribution in [-0.4, -0.2) is 42.0 Å². The van der Waals surface area contributed by atoms with Crippen LogP contribution in [0.15, 0.2) is 48.8 Å². The molecule has 1 aromatic heterocycles. The molecule has 0 atom stereocenters. The Morgan fingerprint density at radius 3 is 2.65 bits per heavy atom. The van der Waals surface area contributed by atoms with Crippen LogP contribution in [0.5, 0.6) is 11.5 Å². The van der Waals surface area contributed by atoms with Crippen LogP contribution in [0.3, 0.4) is 0 Å². The van der Waals surface area contributed by atoms with Crippen LogP contribution < -0.4 is 10.1 Å². The number of nitrogens with zero attached hydrogens (tertiary/aromatic N) is 2. The molecule has 5 heteroatoms. The molecule has 0 unspecified atom stereocenters. The highest BCUT2D eigenvalue weighted by Gasteiger charge is 2.23. The number of piperidine rings is 1. The summed E-state index contributed by atoms with van der Waals surface area (Å²) in [6.45, 7) is 1.93. The molecular formula is C18H21N3O2. The monoisotopic (exact) mass is 311 g/mol. The normalized spacial score (nSPS) is 15.2. The van der Waals surface area contributed by atoms with E-state index in [4.69, 9.17) is 4.74 Å². The molecule has 120 valence electrons. The lowest BCUT2D eigenvalue weighted by Crippen LogP contribution is -2.43. The predicted molar refractivity (Wildman–Crippen MR) is 88.7 cm³/mol. The maximum Gasteiger partial charge on any atom is 0.253 e. The van der Waals surface area contributed by atoms with Crippen molar-refractivity contribution in [2.45, 2.75) is 18.9 Å². The van der Waals surface area contributed by atoms with Gasteiger partial charge in [-0.2, -0.15) is 0 Å². The highest BCUT2D eigenvalue weighted by molar-refractivity contribution is 5.94. The maximum absolute atomic E-state index is 12.7. The number of hydrogen-bond donors (Lipinski definition) is 1. The number of amides is 1. The number of hydrogen-bond acceptors (Lipinski definition) is 4. The molecule has 0 aliphatic carbocycles. The second kappa shape index (κ2) is 7.24. The Balaban J connectivity index is 1.72. The molecular weight excluding hydrogens is 290 g/mol. The predicted octanol–water partition coefficient (Wildman–Crippen LogP) is 2.70. The first-order valence-corrected chi connectivity index (χ1v) is 7.90. The van der Waals surface area contributed by atoms with Crippen LogP contribution in [-0.2, 0) is 0 Å². The fourth-order valence-electron chi connectivity index (χ4n) is 2.80. The van der Waals surface area contributed by atoms with Crippen molar-refractivity contribution in [3.05, 3.63) is 54.4 Å². The highest BCUT2D eigenvalue weighted by Crippen LogP contribution is 2.22. The molecule has 5 nitrogen and oxygen atoms in total. The SMILES string of the molecule is CN(C(=O)c1cccc(Oc2ccncc2)c1)C1CCNCC1. The zero-order chi connectivity index (χ0) is 16.1. The molecule has 1 N–H and O–H groups in total. The zero-order valence-electron chi connectivity index (χ0n) is 13.2. The summed E-state index contributed by atoms with van der Waals surface area (Å²) < 4.78 is 5.77. The number of nitrogens with one attached hydrogen (secondary N) is 1. The molecule has 0 spiro atoms. The van der Waals surface area contributed by atoms with E-state index >= 15 is 0 Å². The number of pyridine rings is 1. The summed E-state index contributed by atoms with van der Waals surface area (Å²) in [5.41, 5.74) is 0.651. The molecule has 1 saturated heterocycles. The number of carbonyl (C=O) groups is 1. The largest absolute Gasteiger partial charge is 0.457 e. The van der Waals surface area contributed by atoms with E-state index in [9.17, 15) is 4.79 Å². The van der Waals surface area contributed by atoms with Crippen LogP contribution in [0.25, 0.3) is 0 Å². The molecule has 0 radical (unpaired) electrons. The summed E-state index contributed by atoms with van der Waals surface area (Å²) in [4.78, 5) is 18.5. The Morgan fingerprint density at radius 2 is 1.91 bits per heavy atom. The Hall–Kier alpha value is -2.40. The van der Waals surface area contributed by atoms with Gasteiger partial charge in [-0.3, -0.25) is 9.78 Å². The summed E-state index contributed by atoms with van der Waals surface area (Å²) in [6, 6.07) is 11.2. The van der Waals surface area contributed by atoms with Crippen molar-refractivity contribution in [2.24, 2.45) is 0 Å². The minimum Gasteiger partial charge on any atom is -0.457 e. The fraction of sp³-hybridized carbons (Fsp3) is 0.333. The van der Waals surface area contributed by atoms with E-state index in [1.165, 1.54) is 0 Å². The molecule has 23 heavy (non-hydrogen) atoms. The number of benzene rings is 1. The van der Waals surface area contributed by atoms with Gasteiger partial charge in [0.25, 0.3) is 5.91 Å². The van der Waals surface area contributed by atoms with Crippen molar-refractivity contribution >= 4 is 5.91 Å². The standard InChI is InChI=1S/C18H21N3O2/c1-21(15-5-9-19-10-6-15)18(22)14-3-2-4-17(13-14)23-16-7-11-20-12-8-16/h2-4,7-8,11-13,15,19H,5-6,9-10H2,1H3. The van der Waals surface area contributed by atoms with Gasteiger partial charge >= 0.3 is 0 Å². The Morgan fingerprint density at radius 1 is 1.17 bits per heavy atom. The van der Waals surface area contributed by atoms with Crippen LogP contribution >= 0.6 is 0 Å². The molecule has 1 aromatic carbocycles. The third-order valence-corrected chi connectivity index (χ3v) is 4.14. The third kappa shape index (κ3) is 3.87. The highest BCUT2D eigenvalue weighted by atomic mass is 16.5. The van der Waals surface area contributed by atoms with E-state index in [0.717, 1.165) is 25.9 Å². The van der Waals surface area contributed by atoms with Crippen molar-refractivity contribution in [2.75, 3.05) is 20.1 Å².